The Bertz CT molecular complexity index is 487. The van der Waals surface area contributed by atoms with E-state index in [0.29, 0.717) is 5.92 Å². The largest absolute Gasteiger partial charge is 0.479 e. The second kappa shape index (κ2) is 7.55. The zero-order chi connectivity index (χ0) is 17.1. The Morgan fingerprint density at radius 2 is 2.04 bits per heavy atom. The van der Waals surface area contributed by atoms with Gasteiger partial charge in [-0.2, -0.15) is 0 Å². The summed E-state index contributed by atoms with van der Waals surface area (Å²) in [6.45, 7) is 6.14. The first-order valence-electron chi connectivity index (χ1n) is 7.68. The zero-order valence-electron chi connectivity index (χ0n) is 13.1. The topological polar surface area (TPSA) is 116 Å². The highest BCUT2D eigenvalue weighted by Crippen LogP contribution is 2.29. The standard InChI is InChI=1S/C16H24O7/c1-8(2)10-5-3-9(4-6-10)7-22-16-13(19)11(17)12(18)14(23-16)15(20)21/h3,10-14,16-19H,1,4-7H2,2H3,(H,20,21)/t10?,11-,12-,13+,14-,16+/m0/s1. The predicted octanol–water partition coefficient (Wildman–Crippen LogP) is 0.198. The molecule has 7 nitrogen and oxygen atoms in total. The highest BCUT2D eigenvalue weighted by atomic mass is 16.7. The Labute approximate surface area is 134 Å². The van der Waals surface area contributed by atoms with E-state index in [9.17, 15) is 20.1 Å². The fourth-order valence-corrected chi connectivity index (χ4v) is 2.85. The van der Waals surface area contributed by atoms with Gasteiger partial charge in [-0.05, 0) is 37.7 Å². The van der Waals surface area contributed by atoms with E-state index < -0.39 is 36.7 Å². The van der Waals surface area contributed by atoms with Gasteiger partial charge >= 0.3 is 5.97 Å². The van der Waals surface area contributed by atoms with Crippen LogP contribution in [0, 0.1) is 5.92 Å². The molecule has 2 aliphatic rings. The summed E-state index contributed by atoms with van der Waals surface area (Å²) in [5.41, 5.74) is 2.18. The predicted molar refractivity (Wildman–Crippen MR) is 80.5 cm³/mol. The molecule has 0 aromatic rings. The van der Waals surface area contributed by atoms with Crippen molar-refractivity contribution in [3.8, 4) is 0 Å². The molecule has 4 N–H and O–H groups in total. The molecule has 1 fully saturated rings. The molecule has 1 aliphatic carbocycles. The maximum atomic E-state index is 11.0. The molecule has 0 aromatic heterocycles. The van der Waals surface area contributed by atoms with Crippen LogP contribution in [0.2, 0.25) is 0 Å². The minimum Gasteiger partial charge on any atom is -0.479 e. The molecule has 0 spiro atoms. The molecular formula is C16H24O7. The third kappa shape index (κ3) is 4.19. The summed E-state index contributed by atoms with van der Waals surface area (Å²) in [7, 11) is 0. The van der Waals surface area contributed by atoms with Crippen LogP contribution in [-0.4, -0.2) is 63.7 Å². The summed E-state index contributed by atoms with van der Waals surface area (Å²) < 4.78 is 10.5. The van der Waals surface area contributed by atoms with Crippen LogP contribution in [0.15, 0.2) is 23.8 Å². The van der Waals surface area contributed by atoms with Gasteiger partial charge in [0.2, 0.25) is 0 Å². The summed E-state index contributed by atoms with van der Waals surface area (Å²) >= 11 is 0. The number of aliphatic hydroxyl groups excluding tert-OH is 3. The van der Waals surface area contributed by atoms with Crippen molar-refractivity contribution in [2.24, 2.45) is 5.92 Å². The second-order valence-corrected chi connectivity index (χ2v) is 6.23. The van der Waals surface area contributed by atoms with Crippen molar-refractivity contribution in [2.45, 2.75) is 56.9 Å². The lowest BCUT2D eigenvalue weighted by Crippen LogP contribution is -2.60. The van der Waals surface area contributed by atoms with Gasteiger partial charge in [0.25, 0.3) is 0 Å². The van der Waals surface area contributed by atoms with Crippen LogP contribution < -0.4 is 0 Å². The molecule has 1 saturated heterocycles. The Balaban J connectivity index is 1.92. The van der Waals surface area contributed by atoms with Gasteiger partial charge in [0.05, 0.1) is 6.61 Å². The summed E-state index contributed by atoms with van der Waals surface area (Å²) in [6.07, 6.45) is -3.05. The Morgan fingerprint density at radius 3 is 2.57 bits per heavy atom. The highest BCUT2D eigenvalue weighted by Gasteiger charge is 2.47. The van der Waals surface area contributed by atoms with Gasteiger partial charge in [0.15, 0.2) is 12.4 Å². The van der Waals surface area contributed by atoms with E-state index in [0.717, 1.165) is 30.4 Å². The van der Waals surface area contributed by atoms with Crippen molar-refractivity contribution in [1.82, 2.24) is 0 Å². The zero-order valence-corrected chi connectivity index (χ0v) is 13.1. The highest BCUT2D eigenvalue weighted by molar-refractivity contribution is 5.73. The van der Waals surface area contributed by atoms with E-state index in [1.165, 1.54) is 0 Å². The van der Waals surface area contributed by atoms with Crippen LogP contribution >= 0.6 is 0 Å². The number of carboxylic acids is 1. The number of aliphatic carboxylic acids is 1. The second-order valence-electron chi connectivity index (χ2n) is 6.23. The van der Waals surface area contributed by atoms with Gasteiger partial charge in [-0.1, -0.05) is 18.2 Å². The molecular weight excluding hydrogens is 304 g/mol. The first-order valence-corrected chi connectivity index (χ1v) is 7.68. The quantitative estimate of drug-likeness (QED) is 0.533. The average molecular weight is 328 g/mol. The number of aliphatic hydroxyl groups is 3. The van der Waals surface area contributed by atoms with Crippen molar-refractivity contribution < 1.29 is 34.7 Å². The first-order chi connectivity index (χ1) is 10.8. The van der Waals surface area contributed by atoms with Crippen LogP contribution in [0.1, 0.15) is 26.2 Å². The molecule has 0 amide bonds. The average Bonchev–Trinajstić information content (AvgIpc) is 2.52. The van der Waals surface area contributed by atoms with E-state index in [1.54, 1.807) is 0 Å². The Kier molecular flexibility index (Phi) is 5.94. The maximum Gasteiger partial charge on any atom is 0.335 e. The minimum atomic E-state index is -1.70. The third-order valence-corrected chi connectivity index (χ3v) is 4.45. The van der Waals surface area contributed by atoms with Crippen molar-refractivity contribution >= 4 is 5.97 Å². The van der Waals surface area contributed by atoms with Gasteiger partial charge in [-0.25, -0.2) is 4.79 Å². The van der Waals surface area contributed by atoms with Crippen molar-refractivity contribution in [3.63, 3.8) is 0 Å². The lowest BCUT2D eigenvalue weighted by atomic mass is 9.86. The van der Waals surface area contributed by atoms with Gasteiger partial charge in [0, 0.05) is 0 Å². The fourth-order valence-electron chi connectivity index (χ4n) is 2.85. The van der Waals surface area contributed by atoms with Crippen LogP contribution in [0.4, 0.5) is 0 Å². The molecule has 1 heterocycles. The van der Waals surface area contributed by atoms with Gasteiger partial charge in [-0.3, -0.25) is 0 Å². The molecule has 23 heavy (non-hydrogen) atoms. The molecule has 6 atom stereocenters. The number of hydrogen-bond acceptors (Lipinski definition) is 6. The molecule has 130 valence electrons. The number of carbonyl (C=O) groups is 1. The number of ether oxygens (including phenoxy) is 2. The fraction of sp³-hybridized carbons (Fsp3) is 0.688. The van der Waals surface area contributed by atoms with E-state index in [1.807, 2.05) is 6.92 Å². The van der Waals surface area contributed by atoms with Crippen LogP contribution in [-0.2, 0) is 14.3 Å². The van der Waals surface area contributed by atoms with Crippen LogP contribution in [0.5, 0.6) is 0 Å². The molecule has 0 aromatic carbocycles. The summed E-state index contributed by atoms with van der Waals surface area (Å²) in [4.78, 5) is 11.0. The van der Waals surface area contributed by atoms with Crippen molar-refractivity contribution in [1.29, 1.82) is 0 Å². The van der Waals surface area contributed by atoms with Crippen LogP contribution in [0.3, 0.4) is 0 Å². The molecule has 2 rings (SSSR count). The smallest absolute Gasteiger partial charge is 0.335 e. The summed E-state index contributed by atoms with van der Waals surface area (Å²) in [6, 6.07) is 0. The maximum absolute atomic E-state index is 11.0. The van der Waals surface area contributed by atoms with Gasteiger partial charge in [0.1, 0.15) is 18.3 Å². The lowest BCUT2D eigenvalue weighted by molar-refractivity contribution is -0.292. The van der Waals surface area contributed by atoms with E-state index in [2.05, 4.69) is 12.7 Å². The normalized spacial score (nSPS) is 38.0. The molecule has 1 unspecified atom stereocenters. The Morgan fingerprint density at radius 1 is 1.35 bits per heavy atom. The molecule has 7 heteroatoms. The van der Waals surface area contributed by atoms with Crippen molar-refractivity contribution in [2.75, 3.05) is 6.61 Å². The van der Waals surface area contributed by atoms with Gasteiger partial charge < -0.3 is 29.9 Å². The summed E-state index contributed by atoms with van der Waals surface area (Å²) in [5.74, 6) is -0.957. The van der Waals surface area contributed by atoms with E-state index in [-0.39, 0.29) is 6.61 Å². The van der Waals surface area contributed by atoms with Crippen molar-refractivity contribution in [3.05, 3.63) is 23.8 Å². The molecule has 0 saturated carbocycles. The van der Waals surface area contributed by atoms with Gasteiger partial charge in [-0.15, -0.1) is 0 Å². The molecule has 1 aliphatic heterocycles. The monoisotopic (exact) mass is 328 g/mol. The summed E-state index contributed by atoms with van der Waals surface area (Å²) in [5, 5.41) is 38.2. The Hall–Kier alpha value is -1.25. The number of rotatable bonds is 5. The number of hydrogen-bond donors (Lipinski definition) is 4. The molecule has 0 radical (unpaired) electrons. The first kappa shape index (κ1) is 18.1. The van der Waals surface area contributed by atoms with Crippen LogP contribution in [0.25, 0.3) is 0 Å². The lowest BCUT2D eigenvalue weighted by Gasteiger charge is -2.38. The number of allylic oxidation sites excluding steroid dienone is 2. The van der Waals surface area contributed by atoms with E-state index in [4.69, 9.17) is 14.6 Å². The minimum absolute atomic E-state index is 0.180. The molecule has 0 bridgehead atoms. The van der Waals surface area contributed by atoms with E-state index >= 15 is 0 Å². The third-order valence-electron chi connectivity index (χ3n) is 4.45. The SMILES string of the molecule is C=C(C)C1CC=C(CO[C@@H]2O[C@H](C(=O)O)[C@@H](O)[C@H](O)[C@H]2O)CC1. The number of carboxylic acid groups (broad SMARTS) is 1.